The molecule has 2 N–H and O–H groups in total. The van der Waals surface area contributed by atoms with Crippen molar-refractivity contribution in [1.29, 1.82) is 0 Å². The summed E-state index contributed by atoms with van der Waals surface area (Å²) in [5.74, 6) is 1.54. The highest BCUT2D eigenvalue weighted by atomic mass is 127. The van der Waals surface area contributed by atoms with Gasteiger partial charge in [0.15, 0.2) is 5.96 Å². The molecule has 1 unspecified atom stereocenters. The third-order valence-corrected chi connectivity index (χ3v) is 6.26. The van der Waals surface area contributed by atoms with Crippen LogP contribution in [0.3, 0.4) is 0 Å². The van der Waals surface area contributed by atoms with Gasteiger partial charge in [-0.15, -0.1) is 24.0 Å². The third-order valence-electron chi connectivity index (χ3n) is 6.26. The van der Waals surface area contributed by atoms with E-state index in [2.05, 4.69) is 36.3 Å². The molecule has 0 bridgehead atoms. The summed E-state index contributed by atoms with van der Waals surface area (Å²) in [4.78, 5) is 19.5. The minimum atomic E-state index is 0. The fraction of sp³-hybridized carbons (Fsp3) is 0.750. The summed E-state index contributed by atoms with van der Waals surface area (Å²) in [6.07, 6.45) is 4.30. The number of halogens is 1. The Balaban J connectivity index is 0.00000512. The van der Waals surface area contributed by atoms with Crippen LogP contribution in [0.4, 0.5) is 0 Å². The second-order valence-electron chi connectivity index (χ2n) is 8.30. The van der Waals surface area contributed by atoms with Crippen molar-refractivity contribution in [1.82, 2.24) is 20.1 Å². The topological polar surface area (TPSA) is 70.9 Å². The van der Waals surface area contributed by atoms with Crippen molar-refractivity contribution in [2.75, 3.05) is 45.9 Å². The van der Waals surface area contributed by atoms with Gasteiger partial charge in [0.1, 0.15) is 0 Å². The lowest BCUT2D eigenvalue weighted by Crippen LogP contribution is -2.49. The Kier molecular flexibility index (Phi) is 14.9. The summed E-state index contributed by atoms with van der Waals surface area (Å²) in [7, 11) is 0. The molecule has 0 radical (unpaired) electrons. The van der Waals surface area contributed by atoms with Gasteiger partial charge in [0.2, 0.25) is 0 Å². The van der Waals surface area contributed by atoms with E-state index in [4.69, 9.17) is 9.73 Å². The molecular formula is C24H44IN5O2. The van der Waals surface area contributed by atoms with Gasteiger partial charge in [0, 0.05) is 50.5 Å². The summed E-state index contributed by atoms with van der Waals surface area (Å²) in [6.45, 7) is 15.6. The van der Waals surface area contributed by atoms with E-state index in [1.54, 1.807) is 6.07 Å². The van der Waals surface area contributed by atoms with Crippen molar-refractivity contribution in [2.24, 2.45) is 10.9 Å². The molecule has 7 nitrogen and oxygen atoms in total. The minimum absolute atomic E-state index is 0. The van der Waals surface area contributed by atoms with Crippen molar-refractivity contribution in [3.8, 4) is 0 Å². The maximum Gasteiger partial charge on any atom is 0.250 e. The van der Waals surface area contributed by atoms with Gasteiger partial charge in [-0.1, -0.05) is 32.8 Å². The summed E-state index contributed by atoms with van der Waals surface area (Å²) >= 11 is 0. The molecule has 32 heavy (non-hydrogen) atoms. The van der Waals surface area contributed by atoms with Crippen LogP contribution in [0.1, 0.15) is 52.1 Å². The Hall–Kier alpha value is -1.13. The minimum Gasteiger partial charge on any atom is -0.379 e. The monoisotopic (exact) mass is 561 g/mol. The highest BCUT2D eigenvalue weighted by Gasteiger charge is 2.26. The van der Waals surface area contributed by atoms with E-state index in [-0.39, 0.29) is 29.5 Å². The third kappa shape index (κ3) is 9.39. The lowest BCUT2D eigenvalue weighted by molar-refractivity contribution is 0.00395. The van der Waals surface area contributed by atoms with Crippen molar-refractivity contribution < 1.29 is 4.74 Å². The average Bonchev–Trinajstić information content (AvgIpc) is 2.78. The largest absolute Gasteiger partial charge is 0.379 e. The first-order valence-corrected chi connectivity index (χ1v) is 12.1. The smallest absolute Gasteiger partial charge is 0.250 e. The predicted molar refractivity (Wildman–Crippen MR) is 144 cm³/mol. The number of hydrogen-bond acceptors (Lipinski definition) is 4. The Bertz CT molecular complexity index is 715. The molecule has 0 aliphatic carbocycles. The van der Waals surface area contributed by atoms with Crippen molar-refractivity contribution >= 4 is 29.9 Å². The Morgan fingerprint density at radius 1 is 1.12 bits per heavy atom. The van der Waals surface area contributed by atoms with E-state index in [0.717, 1.165) is 77.0 Å². The van der Waals surface area contributed by atoms with Gasteiger partial charge in [-0.3, -0.25) is 14.7 Å². The number of aliphatic imine (C=N–C) groups is 1. The molecule has 0 amide bonds. The number of guanidine groups is 1. The van der Waals surface area contributed by atoms with Crippen LogP contribution in [0.25, 0.3) is 0 Å². The Labute approximate surface area is 211 Å². The van der Waals surface area contributed by atoms with E-state index in [1.807, 2.05) is 23.6 Å². The van der Waals surface area contributed by atoms with Gasteiger partial charge >= 0.3 is 0 Å². The lowest BCUT2D eigenvalue weighted by atomic mass is 9.92. The van der Waals surface area contributed by atoms with Crippen molar-refractivity contribution in [3.05, 3.63) is 34.2 Å². The molecule has 0 saturated carbocycles. The molecule has 1 aromatic rings. The molecule has 1 aliphatic rings. The molecule has 184 valence electrons. The van der Waals surface area contributed by atoms with Gasteiger partial charge in [-0.25, -0.2) is 0 Å². The zero-order chi connectivity index (χ0) is 22.5. The number of aromatic nitrogens is 1. The van der Waals surface area contributed by atoms with Crippen LogP contribution in [-0.2, 0) is 11.3 Å². The van der Waals surface area contributed by atoms with E-state index in [1.165, 1.54) is 12.8 Å². The van der Waals surface area contributed by atoms with E-state index in [0.29, 0.717) is 12.0 Å². The van der Waals surface area contributed by atoms with Crippen molar-refractivity contribution in [3.63, 3.8) is 0 Å². The Morgan fingerprint density at radius 2 is 1.84 bits per heavy atom. The molecule has 8 heteroatoms. The zero-order valence-electron chi connectivity index (χ0n) is 20.4. The molecule has 1 saturated heterocycles. The van der Waals surface area contributed by atoms with Gasteiger partial charge in [0.25, 0.3) is 5.56 Å². The molecule has 2 heterocycles. The molecule has 1 aliphatic heterocycles. The number of hydrogen-bond donors (Lipinski definition) is 2. The average molecular weight is 562 g/mol. The summed E-state index contributed by atoms with van der Waals surface area (Å²) in [5, 5.41) is 6.86. The highest BCUT2D eigenvalue weighted by Crippen LogP contribution is 2.20. The van der Waals surface area contributed by atoms with Crippen molar-refractivity contribution in [2.45, 2.75) is 66.0 Å². The predicted octanol–water partition coefficient (Wildman–Crippen LogP) is 3.25. The standard InChI is InChI=1S/C24H43N5O2.HI/c1-5-21(6-2)22(28-15-17-31-18-16-28)19-27-24(25-7-3)26-13-8-9-14-29-20(4)11-10-12-23(29)30;/h10-12,21-22H,5-9,13-19H2,1-4H3,(H2,25,26,27);1H. The maximum atomic E-state index is 12.0. The van der Waals surface area contributed by atoms with Crippen LogP contribution in [0.5, 0.6) is 0 Å². The first kappa shape index (κ1) is 28.9. The second kappa shape index (κ2) is 16.5. The zero-order valence-corrected chi connectivity index (χ0v) is 22.8. The number of ether oxygens (including phenoxy) is 1. The normalized spacial score (nSPS) is 16.0. The van der Waals surface area contributed by atoms with Gasteiger partial charge in [0.05, 0.1) is 19.8 Å². The van der Waals surface area contributed by atoms with Crippen LogP contribution < -0.4 is 16.2 Å². The molecular weight excluding hydrogens is 517 g/mol. The summed E-state index contributed by atoms with van der Waals surface area (Å²) in [6, 6.07) is 5.90. The van der Waals surface area contributed by atoms with Crippen LogP contribution >= 0.6 is 24.0 Å². The highest BCUT2D eigenvalue weighted by molar-refractivity contribution is 14.0. The molecule has 0 spiro atoms. The van der Waals surface area contributed by atoms with Gasteiger partial charge < -0.3 is 19.9 Å². The Morgan fingerprint density at radius 3 is 2.47 bits per heavy atom. The lowest BCUT2D eigenvalue weighted by Gasteiger charge is -2.38. The molecule has 1 atom stereocenters. The first-order chi connectivity index (χ1) is 15.1. The van der Waals surface area contributed by atoms with Gasteiger partial charge in [-0.2, -0.15) is 0 Å². The fourth-order valence-corrected chi connectivity index (χ4v) is 4.34. The summed E-state index contributed by atoms with van der Waals surface area (Å²) in [5.41, 5.74) is 1.10. The van der Waals surface area contributed by atoms with Crippen LogP contribution in [0.15, 0.2) is 28.0 Å². The quantitative estimate of drug-likeness (QED) is 0.178. The SMILES string of the molecule is CCNC(=NCC(C(CC)CC)N1CCOCC1)NCCCCn1c(C)cccc1=O.I. The first-order valence-electron chi connectivity index (χ1n) is 12.1. The summed E-state index contributed by atoms with van der Waals surface area (Å²) < 4.78 is 7.41. The molecule has 0 aromatic carbocycles. The van der Waals surface area contributed by atoms with Crippen LogP contribution in [0, 0.1) is 12.8 Å². The van der Waals surface area contributed by atoms with Crippen LogP contribution in [0.2, 0.25) is 0 Å². The molecule has 1 fully saturated rings. The number of rotatable bonds is 12. The number of pyridine rings is 1. The molecule has 1 aromatic heterocycles. The maximum absolute atomic E-state index is 12.0. The van der Waals surface area contributed by atoms with E-state index >= 15 is 0 Å². The van der Waals surface area contributed by atoms with Gasteiger partial charge in [-0.05, 0) is 38.7 Å². The second-order valence-corrected chi connectivity index (χ2v) is 8.30. The van der Waals surface area contributed by atoms with E-state index < -0.39 is 0 Å². The molecule has 2 rings (SSSR count). The number of aryl methyl sites for hydroxylation is 1. The number of morpholine rings is 1. The number of nitrogens with one attached hydrogen (secondary N) is 2. The fourth-order valence-electron chi connectivity index (χ4n) is 4.34. The van der Waals surface area contributed by atoms with E-state index in [9.17, 15) is 4.79 Å². The number of unbranched alkanes of at least 4 members (excludes halogenated alkanes) is 1. The van der Waals surface area contributed by atoms with Crippen LogP contribution in [-0.4, -0.2) is 67.4 Å². The number of nitrogens with zero attached hydrogens (tertiary/aromatic N) is 3.